The van der Waals surface area contributed by atoms with Crippen LogP contribution in [0, 0.1) is 5.82 Å². The van der Waals surface area contributed by atoms with E-state index in [9.17, 15) is 22.4 Å². The Morgan fingerprint density at radius 1 is 1.35 bits per heavy atom. The predicted molar refractivity (Wildman–Crippen MR) is 92.4 cm³/mol. The van der Waals surface area contributed by atoms with Gasteiger partial charge in [-0.15, -0.1) is 0 Å². The van der Waals surface area contributed by atoms with E-state index in [1.54, 1.807) is 26.0 Å². The molecule has 0 atom stereocenters. The third kappa shape index (κ3) is 4.84. The lowest BCUT2D eigenvalue weighted by atomic mass is 10.1. The number of rotatable bonds is 6. The highest BCUT2D eigenvalue weighted by molar-refractivity contribution is 9.10. The maximum Gasteiger partial charge on any atom is 0.433 e. The number of hydrogen-bond donors (Lipinski definition) is 1. The average Bonchev–Trinajstić information content (AvgIpc) is 2.98. The molecule has 1 N–H and O–H groups in total. The number of alkyl halides is 3. The van der Waals surface area contributed by atoms with Gasteiger partial charge in [0.05, 0.1) is 11.8 Å². The van der Waals surface area contributed by atoms with Crippen LogP contribution in [0.1, 0.15) is 47.9 Å². The summed E-state index contributed by atoms with van der Waals surface area (Å²) in [6, 6.07) is 4.13. The molecule has 1 heterocycles. The summed E-state index contributed by atoms with van der Waals surface area (Å²) in [5.74, 6) is -1.22. The molecule has 0 aliphatic carbocycles. The van der Waals surface area contributed by atoms with Crippen LogP contribution < -0.4 is 5.32 Å². The largest absolute Gasteiger partial charge is 0.433 e. The fraction of sp³-hybridized carbons (Fsp3) is 0.412. The Labute approximate surface area is 156 Å². The van der Waals surface area contributed by atoms with Crippen molar-refractivity contribution in [2.24, 2.45) is 0 Å². The molecule has 0 saturated heterocycles. The maximum absolute atomic E-state index is 13.7. The average molecular weight is 436 g/mol. The van der Waals surface area contributed by atoms with Gasteiger partial charge in [0.15, 0.2) is 5.69 Å². The second-order valence-electron chi connectivity index (χ2n) is 6.04. The number of carbonyl (C=O) groups excluding carboxylic acids is 1. The summed E-state index contributed by atoms with van der Waals surface area (Å²) >= 11 is 3.16. The van der Waals surface area contributed by atoms with Crippen molar-refractivity contribution in [3.8, 4) is 0 Å². The Morgan fingerprint density at radius 3 is 2.62 bits per heavy atom. The van der Waals surface area contributed by atoms with Crippen LogP contribution in [0.3, 0.4) is 0 Å². The zero-order chi connectivity index (χ0) is 19.5. The standard InChI is InChI=1S/C17H18BrF4N3O/c1-10(2)25-15(17(20,21)22)13(9-24-25)16(26)23-7-3-4-11-5-6-12(18)8-14(11)19/h5-6,8-10H,3-4,7H2,1-2H3,(H,23,26). The molecule has 142 valence electrons. The van der Waals surface area contributed by atoms with E-state index in [1.807, 2.05) is 0 Å². The van der Waals surface area contributed by atoms with E-state index >= 15 is 0 Å². The Hall–Kier alpha value is -1.90. The molecule has 0 saturated carbocycles. The van der Waals surface area contributed by atoms with Crippen LogP contribution in [-0.4, -0.2) is 22.2 Å². The lowest BCUT2D eigenvalue weighted by molar-refractivity contribution is -0.145. The number of halogens is 5. The number of nitrogens with one attached hydrogen (secondary N) is 1. The number of benzene rings is 1. The van der Waals surface area contributed by atoms with Gasteiger partial charge in [0, 0.05) is 17.1 Å². The molecule has 0 aliphatic rings. The van der Waals surface area contributed by atoms with Gasteiger partial charge in [-0.3, -0.25) is 9.48 Å². The minimum atomic E-state index is -4.69. The first-order valence-corrected chi connectivity index (χ1v) is 8.77. The van der Waals surface area contributed by atoms with E-state index in [0.29, 0.717) is 22.9 Å². The van der Waals surface area contributed by atoms with Gasteiger partial charge in [-0.05, 0) is 44.4 Å². The number of amides is 1. The summed E-state index contributed by atoms with van der Waals surface area (Å²) in [5, 5.41) is 6.12. The molecule has 1 amide bonds. The Bertz CT molecular complexity index is 787. The molecule has 2 rings (SSSR count). The highest BCUT2D eigenvalue weighted by Crippen LogP contribution is 2.33. The topological polar surface area (TPSA) is 46.9 Å². The third-order valence-corrected chi connectivity index (χ3v) is 4.21. The number of aromatic nitrogens is 2. The normalized spacial score (nSPS) is 11.8. The first-order valence-electron chi connectivity index (χ1n) is 7.98. The van der Waals surface area contributed by atoms with Crippen molar-refractivity contribution in [2.45, 2.75) is 38.9 Å². The molecule has 1 aromatic carbocycles. The lowest BCUT2D eigenvalue weighted by Crippen LogP contribution is -2.28. The summed E-state index contributed by atoms with van der Waals surface area (Å²) in [6.45, 7) is 3.23. The molecule has 0 spiro atoms. The van der Waals surface area contributed by atoms with E-state index in [2.05, 4.69) is 26.3 Å². The third-order valence-electron chi connectivity index (χ3n) is 3.72. The van der Waals surface area contributed by atoms with E-state index in [4.69, 9.17) is 0 Å². The molecule has 0 aliphatic heterocycles. The second kappa shape index (κ2) is 8.20. The predicted octanol–water partition coefficient (Wildman–Crippen LogP) is 4.75. The highest BCUT2D eigenvalue weighted by Gasteiger charge is 2.40. The van der Waals surface area contributed by atoms with Crippen molar-refractivity contribution in [1.82, 2.24) is 15.1 Å². The van der Waals surface area contributed by atoms with Gasteiger partial charge in [-0.2, -0.15) is 18.3 Å². The minimum absolute atomic E-state index is 0.124. The van der Waals surface area contributed by atoms with Gasteiger partial charge in [-0.1, -0.05) is 22.0 Å². The molecule has 2 aromatic rings. The highest BCUT2D eigenvalue weighted by atomic mass is 79.9. The van der Waals surface area contributed by atoms with Gasteiger partial charge in [0.25, 0.3) is 5.91 Å². The zero-order valence-electron chi connectivity index (χ0n) is 14.2. The fourth-order valence-corrected chi connectivity index (χ4v) is 2.84. The molecule has 1 aromatic heterocycles. The molecular weight excluding hydrogens is 418 g/mol. The molecule has 0 unspecified atom stereocenters. The Kier molecular flexibility index (Phi) is 6.44. The summed E-state index contributed by atoms with van der Waals surface area (Å²) in [4.78, 5) is 12.1. The second-order valence-corrected chi connectivity index (χ2v) is 6.95. The van der Waals surface area contributed by atoms with Gasteiger partial charge < -0.3 is 5.32 Å². The monoisotopic (exact) mass is 435 g/mol. The van der Waals surface area contributed by atoms with Gasteiger partial charge >= 0.3 is 6.18 Å². The first kappa shape index (κ1) is 20.4. The molecule has 0 fully saturated rings. The Morgan fingerprint density at radius 2 is 2.04 bits per heavy atom. The molecule has 0 bridgehead atoms. The lowest BCUT2D eigenvalue weighted by Gasteiger charge is -2.15. The smallest absolute Gasteiger partial charge is 0.352 e. The van der Waals surface area contributed by atoms with Crippen molar-refractivity contribution in [1.29, 1.82) is 0 Å². The van der Waals surface area contributed by atoms with Crippen LogP contribution >= 0.6 is 15.9 Å². The number of carbonyl (C=O) groups is 1. The first-order chi connectivity index (χ1) is 12.1. The van der Waals surface area contributed by atoms with Crippen LogP contribution in [0.15, 0.2) is 28.9 Å². The quantitative estimate of drug-likeness (QED) is 0.525. The number of nitrogens with zero attached hydrogens (tertiary/aromatic N) is 2. The van der Waals surface area contributed by atoms with Crippen LogP contribution in [0.2, 0.25) is 0 Å². The minimum Gasteiger partial charge on any atom is -0.352 e. The van der Waals surface area contributed by atoms with Crippen molar-refractivity contribution in [3.05, 3.63) is 51.5 Å². The molecular formula is C17H18BrF4N3O. The molecule has 26 heavy (non-hydrogen) atoms. The summed E-state index contributed by atoms with van der Waals surface area (Å²) in [5.41, 5.74) is -1.10. The van der Waals surface area contributed by atoms with Gasteiger partial charge in [0.1, 0.15) is 5.82 Å². The maximum atomic E-state index is 13.7. The van der Waals surface area contributed by atoms with Crippen molar-refractivity contribution < 1.29 is 22.4 Å². The van der Waals surface area contributed by atoms with Gasteiger partial charge in [0.2, 0.25) is 0 Å². The van der Waals surface area contributed by atoms with Crippen LogP contribution in [0.25, 0.3) is 0 Å². The molecule has 9 heteroatoms. The fourth-order valence-electron chi connectivity index (χ4n) is 2.50. The zero-order valence-corrected chi connectivity index (χ0v) is 15.8. The summed E-state index contributed by atoms with van der Waals surface area (Å²) in [7, 11) is 0. The Balaban J connectivity index is 2.00. The van der Waals surface area contributed by atoms with Crippen LogP contribution in [-0.2, 0) is 12.6 Å². The number of hydrogen-bond acceptors (Lipinski definition) is 2. The van der Waals surface area contributed by atoms with E-state index in [1.165, 1.54) is 6.07 Å². The van der Waals surface area contributed by atoms with Crippen molar-refractivity contribution >= 4 is 21.8 Å². The van der Waals surface area contributed by atoms with Crippen LogP contribution in [0.5, 0.6) is 0 Å². The molecule has 0 radical (unpaired) electrons. The molecule has 4 nitrogen and oxygen atoms in total. The van der Waals surface area contributed by atoms with Crippen LogP contribution in [0.4, 0.5) is 17.6 Å². The van der Waals surface area contributed by atoms with Crippen molar-refractivity contribution in [2.75, 3.05) is 6.54 Å². The van der Waals surface area contributed by atoms with E-state index < -0.39 is 29.4 Å². The van der Waals surface area contributed by atoms with Crippen molar-refractivity contribution in [3.63, 3.8) is 0 Å². The summed E-state index contributed by atoms with van der Waals surface area (Å²) < 4.78 is 54.9. The van der Waals surface area contributed by atoms with Gasteiger partial charge in [-0.25, -0.2) is 4.39 Å². The van der Waals surface area contributed by atoms with E-state index in [0.717, 1.165) is 10.9 Å². The summed E-state index contributed by atoms with van der Waals surface area (Å²) in [6.07, 6.45) is -3.01. The van der Waals surface area contributed by atoms with E-state index in [-0.39, 0.29) is 12.4 Å². The SMILES string of the molecule is CC(C)n1ncc(C(=O)NCCCc2ccc(Br)cc2F)c1C(F)(F)F. The number of aryl methyl sites for hydroxylation is 1.